The van der Waals surface area contributed by atoms with E-state index in [1.807, 2.05) is 0 Å². The Bertz CT molecular complexity index is 159. The molecule has 0 spiro atoms. The van der Waals surface area contributed by atoms with Crippen molar-refractivity contribution in [1.82, 2.24) is 4.90 Å². The minimum atomic E-state index is -0.184. The summed E-state index contributed by atoms with van der Waals surface area (Å²) in [7, 11) is 2.19. The van der Waals surface area contributed by atoms with Gasteiger partial charge < -0.3 is 4.90 Å². The molecule has 1 heterocycles. The molecule has 0 amide bonds. The summed E-state index contributed by atoms with van der Waals surface area (Å²) in [6.45, 7) is 5.32. The predicted molar refractivity (Wildman–Crippen MR) is 54.2 cm³/mol. The van der Waals surface area contributed by atoms with Crippen molar-refractivity contribution in [3.8, 4) is 0 Å². The SMILES string of the molecule is CN1CCCCC1CC(C)(C)ON. The Morgan fingerprint density at radius 1 is 1.46 bits per heavy atom. The molecule has 13 heavy (non-hydrogen) atoms. The summed E-state index contributed by atoms with van der Waals surface area (Å²) in [4.78, 5) is 7.38. The van der Waals surface area contributed by atoms with E-state index < -0.39 is 0 Å². The number of piperidine rings is 1. The molecule has 1 unspecified atom stereocenters. The molecular weight excluding hydrogens is 164 g/mol. The zero-order valence-electron chi connectivity index (χ0n) is 9.05. The molecule has 1 atom stereocenters. The van der Waals surface area contributed by atoms with Crippen molar-refractivity contribution in [3.63, 3.8) is 0 Å². The standard InChI is InChI=1S/C10H22N2O/c1-10(2,13-11)8-9-6-4-5-7-12(9)3/h9H,4-8,11H2,1-3H3. The van der Waals surface area contributed by atoms with Gasteiger partial charge in [0, 0.05) is 6.04 Å². The second kappa shape index (κ2) is 4.40. The maximum absolute atomic E-state index is 5.25. The lowest BCUT2D eigenvalue weighted by molar-refractivity contribution is -0.0449. The van der Waals surface area contributed by atoms with Crippen LogP contribution < -0.4 is 5.90 Å². The number of likely N-dealkylation sites (tertiary alicyclic amines) is 1. The quantitative estimate of drug-likeness (QED) is 0.679. The van der Waals surface area contributed by atoms with E-state index in [4.69, 9.17) is 10.7 Å². The number of nitrogens with two attached hydrogens (primary N) is 1. The normalized spacial score (nSPS) is 26.3. The van der Waals surface area contributed by atoms with Crippen molar-refractivity contribution >= 4 is 0 Å². The van der Waals surface area contributed by atoms with Gasteiger partial charge in [-0.3, -0.25) is 4.84 Å². The van der Waals surface area contributed by atoms with Crippen LogP contribution in [0, 0.1) is 0 Å². The molecule has 0 saturated carbocycles. The van der Waals surface area contributed by atoms with Crippen LogP contribution in [-0.4, -0.2) is 30.1 Å². The van der Waals surface area contributed by atoms with Crippen LogP contribution in [0.4, 0.5) is 0 Å². The Labute approximate surface area is 81.2 Å². The molecule has 1 aliphatic rings. The molecular formula is C10H22N2O. The Morgan fingerprint density at radius 2 is 2.15 bits per heavy atom. The number of rotatable bonds is 3. The van der Waals surface area contributed by atoms with Crippen LogP contribution in [0.2, 0.25) is 0 Å². The Hall–Kier alpha value is -0.120. The van der Waals surface area contributed by atoms with Gasteiger partial charge in [0.2, 0.25) is 0 Å². The van der Waals surface area contributed by atoms with Gasteiger partial charge in [-0.05, 0) is 46.7 Å². The summed E-state index contributed by atoms with van der Waals surface area (Å²) in [5.41, 5.74) is -0.184. The predicted octanol–water partition coefficient (Wildman–Crippen LogP) is 1.53. The summed E-state index contributed by atoms with van der Waals surface area (Å²) < 4.78 is 0. The highest BCUT2D eigenvalue weighted by molar-refractivity contribution is 4.81. The van der Waals surface area contributed by atoms with E-state index in [1.54, 1.807) is 0 Å². The summed E-state index contributed by atoms with van der Waals surface area (Å²) >= 11 is 0. The van der Waals surface area contributed by atoms with Crippen LogP contribution in [0.3, 0.4) is 0 Å². The number of hydrogen-bond donors (Lipinski definition) is 1. The lowest BCUT2D eigenvalue weighted by Gasteiger charge is -2.36. The molecule has 1 saturated heterocycles. The van der Waals surface area contributed by atoms with E-state index in [9.17, 15) is 0 Å². The maximum atomic E-state index is 5.25. The van der Waals surface area contributed by atoms with Gasteiger partial charge in [0.05, 0.1) is 5.60 Å². The monoisotopic (exact) mass is 186 g/mol. The van der Waals surface area contributed by atoms with Crippen molar-refractivity contribution in [3.05, 3.63) is 0 Å². The fraction of sp³-hybridized carbons (Fsp3) is 1.00. The fourth-order valence-electron chi connectivity index (χ4n) is 2.02. The van der Waals surface area contributed by atoms with Gasteiger partial charge in [-0.15, -0.1) is 0 Å². The van der Waals surface area contributed by atoms with Crippen LogP contribution >= 0.6 is 0 Å². The van der Waals surface area contributed by atoms with Crippen LogP contribution in [0.1, 0.15) is 39.5 Å². The number of nitrogens with zero attached hydrogens (tertiary/aromatic N) is 1. The zero-order chi connectivity index (χ0) is 9.90. The Kier molecular flexibility index (Phi) is 3.71. The van der Waals surface area contributed by atoms with Crippen LogP contribution in [-0.2, 0) is 4.84 Å². The molecule has 3 heteroatoms. The molecule has 3 nitrogen and oxygen atoms in total. The lowest BCUT2D eigenvalue weighted by Crippen LogP contribution is -2.42. The van der Waals surface area contributed by atoms with Crippen LogP contribution in [0.25, 0.3) is 0 Å². The smallest absolute Gasteiger partial charge is 0.0852 e. The lowest BCUT2D eigenvalue weighted by atomic mass is 9.92. The van der Waals surface area contributed by atoms with Crippen molar-refractivity contribution in [2.24, 2.45) is 5.90 Å². The molecule has 0 radical (unpaired) electrons. The van der Waals surface area contributed by atoms with Crippen molar-refractivity contribution in [2.45, 2.75) is 51.2 Å². The van der Waals surface area contributed by atoms with Gasteiger partial charge in [0.15, 0.2) is 0 Å². The van der Waals surface area contributed by atoms with Gasteiger partial charge in [-0.1, -0.05) is 6.42 Å². The highest BCUT2D eigenvalue weighted by Crippen LogP contribution is 2.24. The van der Waals surface area contributed by atoms with E-state index in [2.05, 4.69) is 25.8 Å². The van der Waals surface area contributed by atoms with Gasteiger partial charge in [-0.25, -0.2) is 5.90 Å². The summed E-state index contributed by atoms with van der Waals surface area (Å²) in [6, 6.07) is 0.646. The highest BCUT2D eigenvalue weighted by Gasteiger charge is 2.27. The molecule has 1 fully saturated rings. The van der Waals surface area contributed by atoms with Crippen molar-refractivity contribution < 1.29 is 4.84 Å². The fourth-order valence-corrected chi connectivity index (χ4v) is 2.02. The molecule has 0 bridgehead atoms. The third kappa shape index (κ3) is 3.25. The Balaban J connectivity index is 2.42. The van der Waals surface area contributed by atoms with E-state index >= 15 is 0 Å². The third-order valence-corrected chi connectivity index (χ3v) is 2.97. The second-order valence-electron chi connectivity index (χ2n) is 4.71. The van der Waals surface area contributed by atoms with Gasteiger partial charge in [0.1, 0.15) is 0 Å². The highest BCUT2D eigenvalue weighted by atomic mass is 16.6. The first-order chi connectivity index (χ1) is 6.05. The average Bonchev–Trinajstić information content (AvgIpc) is 2.09. The molecule has 0 aliphatic carbocycles. The molecule has 0 aromatic heterocycles. The largest absolute Gasteiger partial charge is 0.303 e. The average molecular weight is 186 g/mol. The van der Waals surface area contributed by atoms with Gasteiger partial charge >= 0.3 is 0 Å². The second-order valence-corrected chi connectivity index (χ2v) is 4.71. The minimum absolute atomic E-state index is 0.184. The van der Waals surface area contributed by atoms with Gasteiger partial charge in [0.25, 0.3) is 0 Å². The first-order valence-electron chi connectivity index (χ1n) is 5.13. The molecule has 1 aliphatic heterocycles. The molecule has 0 aromatic rings. The molecule has 2 N–H and O–H groups in total. The summed E-state index contributed by atoms with van der Waals surface area (Å²) in [5, 5.41) is 0. The van der Waals surface area contributed by atoms with E-state index in [1.165, 1.54) is 25.8 Å². The third-order valence-electron chi connectivity index (χ3n) is 2.97. The van der Waals surface area contributed by atoms with E-state index in [0.717, 1.165) is 6.42 Å². The first-order valence-corrected chi connectivity index (χ1v) is 5.13. The maximum Gasteiger partial charge on any atom is 0.0852 e. The minimum Gasteiger partial charge on any atom is -0.303 e. The Morgan fingerprint density at radius 3 is 2.69 bits per heavy atom. The topological polar surface area (TPSA) is 38.5 Å². The van der Waals surface area contributed by atoms with Crippen LogP contribution in [0.15, 0.2) is 0 Å². The first kappa shape index (κ1) is 11.0. The van der Waals surface area contributed by atoms with Crippen molar-refractivity contribution in [2.75, 3.05) is 13.6 Å². The zero-order valence-corrected chi connectivity index (χ0v) is 9.05. The molecule has 78 valence electrons. The number of hydrogen-bond acceptors (Lipinski definition) is 3. The van der Waals surface area contributed by atoms with Gasteiger partial charge in [-0.2, -0.15) is 0 Å². The summed E-state index contributed by atoms with van der Waals surface area (Å²) in [6.07, 6.45) is 4.98. The molecule has 0 aromatic carbocycles. The van der Waals surface area contributed by atoms with E-state index in [0.29, 0.717) is 6.04 Å². The summed E-state index contributed by atoms with van der Waals surface area (Å²) in [5.74, 6) is 5.25. The van der Waals surface area contributed by atoms with Crippen LogP contribution in [0.5, 0.6) is 0 Å². The van der Waals surface area contributed by atoms with E-state index in [-0.39, 0.29) is 5.60 Å². The molecule has 1 rings (SSSR count). The van der Waals surface area contributed by atoms with Crippen molar-refractivity contribution in [1.29, 1.82) is 0 Å².